The Balaban J connectivity index is 0.00000148. The van der Waals surface area contributed by atoms with E-state index in [1.165, 1.54) is 9.72 Å². The van der Waals surface area contributed by atoms with Gasteiger partial charge in [-0.3, -0.25) is 4.79 Å². The van der Waals surface area contributed by atoms with Crippen molar-refractivity contribution in [1.29, 1.82) is 5.26 Å². The van der Waals surface area contributed by atoms with E-state index >= 15 is 0 Å². The first kappa shape index (κ1) is 25.3. The summed E-state index contributed by atoms with van der Waals surface area (Å²) in [5.41, 5.74) is 1.58. The third-order valence-electron chi connectivity index (χ3n) is 5.87. The van der Waals surface area contributed by atoms with E-state index in [2.05, 4.69) is 44.2 Å². The van der Waals surface area contributed by atoms with Crippen LogP contribution in [-0.4, -0.2) is 68.7 Å². The lowest BCUT2D eigenvalue weighted by Crippen LogP contribution is -2.49. The summed E-state index contributed by atoms with van der Waals surface area (Å²) >= 11 is 1.61. The lowest BCUT2D eigenvalue weighted by atomic mass is 10.2. The van der Waals surface area contributed by atoms with Crippen LogP contribution in [0.4, 0.5) is 5.82 Å². The Kier molecular flexibility index (Phi) is 8.28. The summed E-state index contributed by atoms with van der Waals surface area (Å²) in [6.07, 6.45) is 1.93. The molecule has 0 unspecified atom stereocenters. The second-order valence-corrected chi connectivity index (χ2v) is 9.14. The van der Waals surface area contributed by atoms with Gasteiger partial charge in [-0.15, -0.1) is 16.4 Å². The number of aromatic nitrogens is 5. The zero-order valence-electron chi connectivity index (χ0n) is 20.8. The third-order valence-corrected chi connectivity index (χ3v) is 7.05. The number of hydrogen-bond acceptors (Lipinski definition) is 9. The Hall–Kier alpha value is -3.78. The molecule has 0 spiro atoms. The smallest absolute Gasteiger partial charge is 0.235 e. The number of rotatable bonds is 7. The number of para-hydroxylation sites is 1. The van der Waals surface area contributed by atoms with Crippen LogP contribution in [0.2, 0.25) is 0 Å². The van der Waals surface area contributed by atoms with Gasteiger partial charge in [0.15, 0.2) is 0 Å². The van der Waals surface area contributed by atoms with Gasteiger partial charge < -0.3 is 14.6 Å². The van der Waals surface area contributed by atoms with Crippen LogP contribution in [-0.2, 0) is 11.2 Å². The van der Waals surface area contributed by atoms with E-state index in [0.717, 1.165) is 33.5 Å². The number of carbonyl (C=O) groups is 1. The van der Waals surface area contributed by atoms with Crippen molar-refractivity contribution in [2.75, 3.05) is 37.7 Å². The molecule has 10 nitrogen and oxygen atoms in total. The van der Waals surface area contributed by atoms with Crippen LogP contribution in [0.5, 0.6) is 0 Å². The van der Waals surface area contributed by atoms with Crippen molar-refractivity contribution in [2.45, 2.75) is 40.0 Å². The van der Waals surface area contributed by atoms with E-state index in [4.69, 9.17) is 4.84 Å². The molecule has 0 radical (unpaired) electrons. The lowest BCUT2D eigenvalue weighted by molar-refractivity contribution is -0.131. The number of nitriles is 1. The number of benzene rings is 1. The molecular formula is C25H30N8O2S. The number of thiophene rings is 1. The van der Waals surface area contributed by atoms with Crippen LogP contribution in [0.1, 0.15) is 44.3 Å². The van der Waals surface area contributed by atoms with Crippen molar-refractivity contribution >= 4 is 44.3 Å². The minimum Gasteiger partial charge on any atom is -0.395 e. The fourth-order valence-electron chi connectivity index (χ4n) is 4.06. The molecule has 1 aliphatic rings. The molecule has 0 atom stereocenters. The van der Waals surface area contributed by atoms with Crippen molar-refractivity contribution in [1.82, 2.24) is 30.0 Å². The second-order valence-electron chi connectivity index (χ2n) is 8.02. The number of carbonyl (C=O) groups excluding carboxylic acids is 1. The number of amides is 1. The van der Waals surface area contributed by atoms with Crippen molar-refractivity contribution in [3.8, 4) is 6.07 Å². The summed E-state index contributed by atoms with van der Waals surface area (Å²) in [5.74, 6) is 1.09. The molecule has 5 rings (SSSR count). The Morgan fingerprint density at radius 1 is 1.17 bits per heavy atom. The highest BCUT2D eigenvalue weighted by molar-refractivity contribution is 7.18. The second kappa shape index (κ2) is 11.8. The molecular weight excluding hydrogens is 476 g/mol. The summed E-state index contributed by atoms with van der Waals surface area (Å²) in [4.78, 5) is 34.8. The molecule has 36 heavy (non-hydrogen) atoms. The number of aryl methyl sites for hydroxylation is 1. The first-order valence-electron chi connectivity index (χ1n) is 12.3. The van der Waals surface area contributed by atoms with Gasteiger partial charge in [-0.1, -0.05) is 37.7 Å². The lowest BCUT2D eigenvalue weighted by Gasteiger charge is -2.35. The molecule has 0 aliphatic carbocycles. The largest absolute Gasteiger partial charge is 0.395 e. The summed E-state index contributed by atoms with van der Waals surface area (Å²) in [5, 5.41) is 18.4. The van der Waals surface area contributed by atoms with E-state index in [0.29, 0.717) is 45.6 Å². The molecule has 1 amide bonds. The number of fused-ring (bicyclic) bond motifs is 2. The average Bonchev–Trinajstić information content (AvgIpc) is 3.55. The first-order chi connectivity index (χ1) is 17.7. The Labute approximate surface area is 214 Å². The van der Waals surface area contributed by atoms with E-state index < -0.39 is 0 Å². The highest BCUT2D eigenvalue weighted by Crippen LogP contribution is 2.31. The van der Waals surface area contributed by atoms with E-state index in [1.807, 2.05) is 43.0 Å². The van der Waals surface area contributed by atoms with E-state index in [-0.39, 0.29) is 11.7 Å². The van der Waals surface area contributed by atoms with Gasteiger partial charge in [0.25, 0.3) is 0 Å². The van der Waals surface area contributed by atoms with Gasteiger partial charge in [-0.05, 0) is 36.3 Å². The molecule has 3 aromatic heterocycles. The fraction of sp³-hybridized carbons (Fsp3) is 0.440. The summed E-state index contributed by atoms with van der Waals surface area (Å²) in [6.45, 7) is 9.06. The molecule has 0 bridgehead atoms. The van der Waals surface area contributed by atoms with Crippen molar-refractivity contribution in [3.63, 3.8) is 0 Å². The van der Waals surface area contributed by atoms with Gasteiger partial charge in [-0.2, -0.15) is 5.26 Å². The quantitative estimate of drug-likeness (QED) is 0.350. The number of anilines is 1. The maximum Gasteiger partial charge on any atom is 0.235 e. The van der Waals surface area contributed by atoms with Gasteiger partial charge in [-0.25, -0.2) is 9.97 Å². The van der Waals surface area contributed by atoms with Gasteiger partial charge in [0.2, 0.25) is 11.7 Å². The van der Waals surface area contributed by atoms with E-state index in [9.17, 15) is 10.1 Å². The standard InChI is InChI=1S/C23H24N8O2S.C2H6/c1-2-16-14-17-22(25-20(15-24)26-23(17)34-16)30-11-9-29(10-12-30)21(32)8-5-13-33-31-19-7-4-3-6-18(19)27-28-31;1-2/h3-4,6-7,14H,2,5,8-13H2,1H3;1-2H3. The van der Waals surface area contributed by atoms with Crippen LogP contribution in [0.25, 0.3) is 21.3 Å². The maximum atomic E-state index is 12.7. The Morgan fingerprint density at radius 3 is 2.69 bits per heavy atom. The first-order valence-corrected chi connectivity index (χ1v) is 13.1. The van der Waals surface area contributed by atoms with Crippen LogP contribution in [0, 0.1) is 11.3 Å². The van der Waals surface area contributed by atoms with Gasteiger partial charge >= 0.3 is 0 Å². The molecule has 4 aromatic rings. The molecule has 0 saturated carbocycles. The van der Waals surface area contributed by atoms with Crippen LogP contribution in [0.15, 0.2) is 30.3 Å². The number of piperazine rings is 1. The molecule has 1 aromatic carbocycles. The minimum atomic E-state index is 0.112. The Morgan fingerprint density at radius 2 is 1.94 bits per heavy atom. The fourth-order valence-corrected chi connectivity index (χ4v) is 5.03. The third kappa shape index (κ3) is 5.39. The van der Waals surface area contributed by atoms with Gasteiger partial charge in [0.1, 0.15) is 34.4 Å². The molecule has 188 valence electrons. The molecule has 1 fully saturated rings. The van der Waals surface area contributed by atoms with Gasteiger partial charge in [0, 0.05) is 37.5 Å². The zero-order valence-corrected chi connectivity index (χ0v) is 21.7. The van der Waals surface area contributed by atoms with Crippen LogP contribution < -0.4 is 9.74 Å². The highest BCUT2D eigenvalue weighted by Gasteiger charge is 2.24. The van der Waals surface area contributed by atoms with Crippen molar-refractivity contribution in [2.24, 2.45) is 0 Å². The topological polar surface area (TPSA) is 113 Å². The van der Waals surface area contributed by atoms with Crippen molar-refractivity contribution in [3.05, 3.63) is 41.0 Å². The molecule has 0 N–H and O–H groups in total. The molecule has 11 heteroatoms. The van der Waals surface area contributed by atoms with Crippen LogP contribution in [0.3, 0.4) is 0 Å². The SMILES string of the molecule is CC.CCc1cc2c(N3CCN(C(=O)CCCOn4nnc5ccccc54)CC3)nc(C#N)nc2s1. The zero-order chi connectivity index (χ0) is 25.5. The monoisotopic (exact) mass is 506 g/mol. The highest BCUT2D eigenvalue weighted by atomic mass is 32.1. The summed E-state index contributed by atoms with van der Waals surface area (Å²) in [6, 6.07) is 11.8. The minimum absolute atomic E-state index is 0.112. The maximum absolute atomic E-state index is 12.7. The molecule has 4 heterocycles. The van der Waals surface area contributed by atoms with Crippen LogP contribution >= 0.6 is 11.3 Å². The predicted molar refractivity (Wildman–Crippen MR) is 140 cm³/mol. The van der Waals surface area contributed by atoms with Crippen molar-refractivity contribution < 1.29 is 9.63 Å². The van der Waals surface area contributed by atoms with E-state index in [1.54, 1.807) is 11.3 Å². The number of hydrogen-bond donors (Lipinski definition) is 0. The average molecular weight is 507 g/mol. The normalized spacial score (nSPS) is 13.4. The summed E-state index contributed by atoms with van der Waals surface area (Å²) in [7, 11) is 0. The molecule has 1 aliphatic heterocycles. The number of nitrogens with zero attached hydrogens (tertiary/aromatic N) is 8. The van der Waals surface area contributed by atoms with Gasteiger partial charge in [0.05, 0.1) is 5.39 Å². The predicted octanol–water partition coefficient (Wildman–Crippen LogP) is 3.45. The molecule has 1 saturated heterocycles. The Bertz CT molecular complexity index is 1370. The summed E-state index contributed by atoms with van der Waals surface area (Å²) < 4.78 is 0.